The maximum atomic E-state index is 8.74. The molecule has 0 radical (unpaired) electrons. The molecule has 0 saturated carbocycles. The van der Waals surface area contributed by atoms with E-state index in [9.17, 15) is 0 Å². The molecule has 2 aromatic heterocycles. The molecule has 2 unspecified atom stereocenters. The zero-order valence-corrected chi connectivity index (χ0v) is 27.6. The van der Waals surface area contributed by atoms with Crippen LogP contribution in [0.3, 0.4) is 0 Å². The fourth-order valence-electron chi connectivity index (χ4n) is 5.93. The van der Waals surface area contributed by atoms with Crippen molar-refractivity contribution in [1.82, 2.24) is 19.8 Å². The Morgan fingerprint density at radius 2 is 0.915 bits per heavy atom. The number of benzene rings is 2. The van der Waals surface area contributed by atoms with E-state index < -0.39 is 10.4 Å². The first-order valence-electron chi connectivity index (χ1n) is 14.7. The Bertz CT molecular complexity index is 1680. The van der Waals surface area contributed by atoms with Gasteiger partial charge in [0.25, 0.3) is 0 Å². The van der Waals surface area contributed by atoms with Crippen molar-refractivity contribution in [2.45, 2.75) is 9.74 Å². The third kappa shape index (κ3) is 6.90. The van der Waals surface area contributed by atoms with Gasteiger partial charge in [-0.1, -0.05) is 60.7 Å². The minimum absolute atomic E-state index is 0.236. The summed E-state index contributed by atoms with van der Waals surface area (Å²) in [6, 6.07) is 29.7. The van der Waals surface area contributed by atoms with Crippen LogP contribution in [0.25, 0.3) is 0 Å². The zero-order valence-electron chi connectivity index (χ0n) is 25.1. The average molecular weight is 685 g/mol. The molecule has 6 heterocycles. The van der Waals surface area contributed by atoms with Crippen LogP contribution >= 0.6 is 23.5 Å². The summed E-state index contributed by atoms with van der Waals surface area (Å²) in [6.45, 7) is 1.57. The molecule has 2 N–H and O–H groups in total. The van der Waals surface area contributed by atoms with E-state index in [1.54, 1.807) is 0 Å². The quantitative estimate of drug-likeness (QED) is 0.252. The molecule has 4 aliphatic rings. The van der Waals surface area contributed by atoms with E-state index in [2.05, 4.69) is 139 Å². The molecule has 13 heteroatoms. The van der Waals surface area contributed by atoms with E-state index >= 15 is 0 Å². The minimum Gasteiger partial charge on any atom is -0.313 e. The molecular formula is C34H32N6O4S3. The Balaban J connectivity index is 0.000000144. The third-order valence-corrected chi connectivity index (χ3v) is 10.8. The Hall–Kier alpha value is -4.27. The van der Waals surface area contributed by atoms with Gasteiger partial charge in [0.15, 0.2) is 0 Å². The topological polar surface area (TPSA) is 132 Å². The summed E-state index contributed by atoms with van der Waals surface area (Å²) in [7, 11) is -4.67. The molecule has 2 atom stereocenters. The molecule has 0 aliphatic carbocycles. The van der Waals surface area contributed by atoms with Crippen molar-refractivity contribution in [3.8, 4) is 0 Å². The van der Waals surface area contributed by atoms with Gasteiger partial charge in [-0.25, -0.2) is 0 Å². The van der Waals surface area contributed by atoms with Gasteiger partial charge < -0.3 is 9.80 Å². The highest BCUT2D eigenvalue weighted by Gasteiger charge is 2.48. The number of pyridine rings is 2. The molecule has 240 valence electrons. The fourth-order valence-corrected chi connectivity index (χ4v) is 8.89. The van der Waals surface area contributed by atoms with Crippen molar-refractivity contribution in [1.29, 1.82) is 0 Å². The summed E-state index contributed by atoms with van der Waals surface area (Å²) in [4.78, 5) is 21.8. The van der Waals surface area contributed by atoms with E-state index in [4.69, 9.17) is 17.5 Å². The summed E-state index contributed by atoms with van der Waals surface area (Å²) in [5.41, 5.74) is 5.03. The lowest BCUT2D eigenvalue weighted by Gasteiger charge is -2.38. The van der Waals surface area contributed by atoms with Crippen molar-refractivity contribution < 1.29 is 17.5 Å². The highest BCUT2D eigenvalue weighted by molar-refractivity contribution is 8.01. The number of aliphatic imine (C=N–C) groups is 2. The van der Waals surface area contributed by atoms with Crippen LogP contribution in [0.2, 0.25) is 0 Å². The van der Waals surface area contributed by atoms with Gasteiger partial charge in [0, 0.05) is 37.2 Å². The number of hydrogen-bond acceptors (Lipinski definition) is 10. The summed E-state index contributed by atoms with van der Waals surface area (Å²) in [5, 5.41) is 0. The van der Waals surface area contributed by atoms with Crippen LogP contribution in [-0.4, -0.2) is 73.6 Å². The molecule has 2 fully saturated rings. The van der Waals surface area contributed by atoms with Crippen molar-refractivity contribution in [2.24, 2.45) is 9.98 Å². The van der Waals surface area contributed by atoms with Crippen molar-refractivity contribution in [2.75, 3.05) is 24.6 Å². The molecule has 4 aromatic rings. The number of hydrogen-bond donors (Lipinski definition) is 2. The first-order chi connectivity index (χ1) is 22.8. The van der Waals surface area contributed by atoms with Crippen LogP contribution < -0.4 is 0 Å². The smallest absolute Gasteiger partial charge is 0.313 e. The lowest BCUT2D eigenvalue weighted by atomic mass is 9.97. The number of aromatic nitrogens is 2. The largest absolute Gasteiger partial charge is 0.394 e. The van der Waals surface area contributed by atoms with Gasteiger partial charge in [0.2, 0.25) is 0 Å². The third-order valence-electron chi connectivity index (χ3n) is 7.80. The van der Waals surface area contributed by atoms with Crippen molar-refractivity contribution in [3.05, 3.63) is 157 Å². The van der Waals surface area contributed by atoms with Gasteiger partial charge in [-0.3, -0.25) is 29.1 Å². The Morgan fingerprint density at radius 1 is 0.574 bits per heavy atom. The Kier molecular flexibility index (Phi) is 9.89. The highest BCUT2D eigenvalue weighted by atomic mass is 32.3. The van der Waals surface area contributed by atoms with E-state index in [-0.39, 0.29) is 9.74 Å². The molecule has 47 heavy (non-hydrogen) atoms. The Labute approximate surface area is 282 Å². The van der Waals surface area contributed by atoms with Crippen LogP contribution in [0.1, 0.15) is 22.3 Å². The van der Waals surface area contributed by atoms with Crippen LogP contribution in [0, 0.1) is 0 Å². The molecule has 2 aromatic carbocycles. The van der Waals surface area contributed by atoms with Gasteiger partial charge >= 0.3 is 10.4 Å². The second kappa shape index (κ2) is 14.2. The summed E-state index contributed by atoms with van der Waals surface area (Å²) in [5.74, 6) is 4.18. The first-order valence-corrected chi connectivity index (χ1v) is 18.1. The molecule has 4 aliphatic heterocycles. The van der Waals surface area contributed by atoms with Crippen LogP contribution in [0.5, 0.6) is 0 Å². The van der Waals surface area contributed by atoms with E-state index in [0.717, 1.165) is 36.3 Å². The zero-order chi connectivity index (χ0) is 32.7. The number of amidine groups is 2. The second-order valence-corrected chi connectivity index (χ2v) is 13.8. The van der Waals surface area contributed by atoms with Gasteiger partial charge in [0.1, 0.15) is 21.4 Å². The fraction of sp³-hybridized carbons (Fsp3) is 0.176. The number of rotatable bonds is 4. The number of fused-ring (bicyclic) bond motifs is 2. The van der Waals surface area contributed by atoms with E-state index in [0.29, 0.717) is 0 Å². The number of nitrogens with zero attached hydrogens (tertiary/aromatic N) is 6. The van der Waals surface area contributed by atoms with Gasteiger partial charge in [-0.05, 0) is 58.7 Å². The standard InChI is InChI=1S/2C17H15N3S.H2O4S/c2*1-2-5-14(6-3-1)17(15-7-10-18-11-8-15)20-12-4-9-19-16(20)13-21-17;1-5(2,3)4/h2*1-8,10-12H,9,13H2;(H2,1,2,3,4). The molecule has 8 rings (SSSR count). The maximum absolute atomic E-state index is 8.74. The lowest BCUT2D eigenvalue weighted by molar-refractivity contribution is 0.381. The summed E-state index contributed by atoms with van der Waals surface area (Å²) in [6.07, 6.45) is 16.0. The maximum Gasteiger partial charge on any atom is 0.394 e. The Morgan fingerprint density at radius 3 is 1.28 bits per heavy atom. The van der Waals surface area contributed by atoms with E-state index in [1.165, 1.54) is 22.3 Å². The molecule has 0 spiro atoms. The SMILES string of the molecule is C1=CN2C(=NC1)CSC2(c1ccccc1)c1ccncc1.C1=CN2C(=NC1)CSC2(c1ccccc1)c1ccncc1.O=S(=O)(O)O. The average Bonchev–Trinajstić information content (AvgIpc) is 3.70. The number of thioether (sulfide) groups is 2. The molecule has 2 saturated heterocycles. The molecule has 0 bridgehead atoms. The predicted molar refractivity (Wildman–Crippen MR) is 189 cm³/mol. The van der Waals surface area contributed by atoms with E-state index in [1.807, 2.05) is 48.3 Å². The second-order valence-electron chi connectivity index (χ2n) is 10.5. The summed E-state index contributed by atoms with van der Waals surface area (Å²) < 4.78 is 31.6. The summed E-state index contributed by atoms with van der Waals surface area (Å²) >= 11 is 3.83. The van der Waals surface area contributed by atoms with Crippen LogP contribution in [0.4, 0.5) is 0 Å². The van der Waals surface area contributed by atoms with Crippen molar-refractivity contribution in [3.63, 3.8) is 0 Å². The van der Waals surface area contributed by atoms with Crippen LogP contribution in [-0.2, 0) is 20.1 Å². The van der Waals surface area contributed by atoms with Crippen LogP contribution in [0.15, 0.2) is 144 Å². The van der Waals surface area contributed by atoms with Gasteiger partial charge in [-0.2, -0.15) is 8.42 Å². The van der Waals surface area contributed by atoms with Gasteiger partial charge in [-0.15, -0.1) is 23.5 Å². The molecular weight excluding hydrogens is 653 g/mol. The predicted octanol–water partition coefficient (Wildman–Crippen LogP) is 5.86. The molecule has 0 amide bonds. The normalized spacial score (nSPS) is 22.5. The molecule has 10 nitrogen and oxygen atoms in total. The monoisotopic (exact) mass is 684 g/mol. The minimum atomic E-state index is -4.67. The van der Waals surface area contributed by atoms with Crippen molar-refractivity contribution >= 4 is 45.6 Å². The first kappa shape index (κ1) is 32.7. The van der Waals surface area contributed by atoms with Gasteiger partial charge in [0.05, 0.1) is 24.6 Å². The lowest BCUT2D eigenvalue weighted by Crippen LogP contribution is -2.40. The highest BCUT2D eigenvalue weighted by Crippen LogP contribution is 2.52.